The molecule has 4 aromatic carbocycles. The van der Waals surface area contributed by atoms with Crippen LogP contribution in [0.2, 0.25) is 0 Å². The molecule has 0 radical (unpaired) electrons. The highest BCUT2D eigenvalue weighted by molar-refractivity contribution is 5.92. The van der Waals surface area contributed by atoms with Gasteiger partial charge in [-0.1, -0.05) is 48.5 Å². The Balaban J connectivity index is 1.57. The Morgan fingerprint density at radius 3 is 1.72 bits per heavy atom. The Kier molecular flexibility index (Phi) is 8.11. The van der Waals surface area contributed by atoms with E-state index in [1.807, 2.05) is 12.1 Å². The summed E-state index contributed by atoms with van der Waals surface area (Å²) in [7, 11) is 6.25. The molecule has 0 atom stereocenters. The van der Waals surface area contributed by atoms with Crippen molar-refractivity contribution in [2.24, 2.45) is 0 Å². The third-order valence-electron chi connectivity index (χ3n) is 6.56. The fraction of sp³-hybridized carbons (Fsp3) is 0.258. The van der Waals surface area contributed by atoms with E-state index in [0.29, 0.717) is 11.3 Å². The zero-order valence-electron chi connectivity index (χ0n) is 21.3. The standard InChI is InChI=1S/C31H32O5/c1-33-28-18-22(12-16-27(28)31(32)36-4)11-15-26-20-30(35-3)29(34-2)19-25(26)14-10-21-9-13-23-7-5-6-8-24(23)17-21/h5-9,12-13,16-20H,10-11,14-15H2,1-4H3. The Labute approximate surface area is 212 Å². The Morgan fingerprint density at radius 1 is 0.583 bits per heavy atom. The van der Waals surface area contributed by atoms with Crippen molar-refractivity contribution in [2.75, 3.05) is 28.4 Å². The van der Waals surface area contributed by atoms with E-state index in [1.54, 1.807) is 27.4 Å². The monoisotopic (exact) mass is 484 g/mol. The smallest absolute Gasteiger partial charge is 0.341 e. The van der Waals surface area contributed by atoms with E-state index in [2.05, 4.69) is 54.6 Å². The molecule has 5 nitrogen and oxygen atoms in total. The van der Waals surface area contributed by atoms with Crippen LogP contribution in [0.25, 0.3) is 10.8 Å². The average Bonchev–Trinajstić information content (AvgIpc) is 2.93. The lowest BCUT2D eigenvalue weighted by molar-refractivity contribution is 0.0597. The predicted molar refractivity (Wildman–Crippen MR) is 143 cm³/mol. The molecule has 4 aromatic rings. The van der Waals surface area contributed by atoms with Gasteiger partial charge < -0.3 is 18.9 Å². The molecular weight excluding hydrogens is 452 g/mol. The van der Waals surface area contributed by atoms with Gasteiger partial charge in [-0.3, -0.25) is 0 Å². The molecule has 0 unspecified atom stereocenters. The average molecular weight is 485 g/mol. The van der Waals surface area contributed by atoms with Crippen molar-refractivity contribution in [3.05, 3.63) is 101 Å². The molecule has 0 saturated carbocycles. The molecule has 0 saturated heterocycles. The van der Waals surface area contributed by atoms with E-state index in [9.17, 15) is 4.79 Å². The van der Waals surface area contributed by atoms with Crippen LogP contribution in [0, 0.1) is 0 Å². The van der Waals surface area contributed by atoms with Gasteiger partial charge in [0.1, 0.15) is 11.3 Å². The molecule has 0 aliphatic carbocycles. The van der Waals surface area contributed by atoms with Gasteiger partial charge in [0.25, 0.3) is 0 Å². The van der Waals surface area contributed by atoms with Gasteiger partial charge in [0.2, 0.25) is 0 Å². The number of fused-ring (bicyclic) bond motifs is 1. The number of carbonyl (C=O) groups excluding carboxylic acids is 1. The summed E-state index contributed by atoms with van der Waals surface area (Å²) >= 11 is 0. The summed E-state index contributed by atoms with van der Waals surface area (Å²) in [4.78, 5) is 12.0. The minimum atomic E-state index is -0.408. The van der Waals surface area contributed by atoms with Crippen LogP contribution in [0.1, 0.15) is 32.6 Å². The third kappa shape index (κ3) is 5.62. The topological polar surface area (TPSA) is 54.0 Å². The van der Waals surface area contributed by atoms with Crippen LogP contribution in [0.5, 0.6) is 17.2 Å². The Morgan fingerprint density at radius 2 is 1.14 bits per heavy atom. The zero-order chi connectivity index (χ0) is 25.5. The first-order valence-corrected chi connectivity index (χ1v) is 12.0. The quantitative estimate of drug-likeness (QED) is 0.250. The highest BCUT2D eigenvalue weighted by atomic mass is 16.5. The molecule has 186 valence electrons. The molecule has 0 amide bonds. The third-order valence-corrected chi connectivity index (χ3v) is 6.56. The highest BCUT2D eigenvalue weighted by Gasteiger charge is 2.15. The summed E-state index contributed by atoms with van der Waals surface area (Å²) in [6.07, 6.45) is 3.41. The van der Waals surface area contributed by atoms with Crippen LogP contribution in [-0.4, -0.2) is 34.4 Å². The van der Waals surface area contributed by atoms with Gasteiger partial charge in [-0.2, -0.15) is 0 Å². The molecular formula is C31H32O5. The van der Waals surface area contributed by atoms with Crippen molar-refractivity contribution >= 4 is 16.7 Å². The summed E-state index contributed by atoms with van der Waals surface area (Å²) in [5.41, 5.74) is 5.25. The van der Waals surface area contributed by atoms with Gasteiger partial charge in [0.05, 0.1) is 28.4 Å². The molecule has 5 heteroatoms. The van der Waals surface area contributed by atoms with E-state index in [0.717, 1.165) is 42.7 Å². The van der Waals surface area contributed by atoms with Crippen LogP contribution in [0.15, 0.2) is 72.8 Å². The van der Waals surface area contributed by atoms with E-state index >= 15 is 0 Å². The number of methoxy groups -OCH3 is 4. The van der Waals surface area contributed by atoms with E-state index < -0.39 is 5.97 Å². The molecule has 36 heavy (non-hydrogen) atoms. The maximum absolute atomic E-state index is 12.0. The number of carbonyl (C=O) groups is 1. The van der Waals surface area contributed by atoms with E-state index in [4.69, 9.17) is 18.9 Å². The molecule has 0 aliphatic heterocycles. The molecule has 0 aromatic heterocycles. The second-order valence-corrected chi connectivity index (χ2v) is 8.68. The molecule has 0 heterocycles. The number of benzene rings is 4. The fourth-order valence-electron chi connectivity index (χ4n) is 4.55. The maximum atomic E-state index is 12.0. The first-order valence-electron chi connectivity index (χ1n) is 12.0. The van der Waals surface area contributed by atoms with Gasteiger partial charge in [-0.25, -0.2) is 4.79 Å². The molecule has 0 fully saturated rings. The number of aryl methyl sites for hydroxylation is 4. The maximum Gasteiger partial charge on any atom is 0.341 e. The SMILES string of the molecule is COC(=O)c1ccc(CCc2cc(OC)c(OC)cc2CCc2ccc3ccccc3c2)cc1OC. The molecule has 0 spiro atoms. The zero-order valence-corrected chi connectivity index (χ0v) is 21.3. The molecule has 0 bridgehead atoms. The molecule has 0 aliphatic rings. The van der Waals surface area contributed by atoms with Crippen LogP contribution < -0.4 is 14.2 Å². The van der Waals surface area contributed by atoms with Gasteiger partial charge >= 0.3 is 5.97 Å². The number of ether oxygens (including phenoxy) is 4. The summed E-state index contributed by atoms with van der Waals surface area (Å²) < 4.78 is 21.5. The van der Waals surface area contributed by atoms with Gasteiger partial charge in [-0.15, -0.1) is 0 Å². The van der Waals surface area contributed by atoms with Crippen LogP contribution >= 0.6 is 0 Å². The van der Waals surface area contributed by atoms with E-state index in [-0.39, 0.29) is 0 Å². The van der Waals surface area contributed by atoms with Gasteiger partial charge in [0.15, 0.2) is 11.5 Å². The second kappa shape index (κ2) is 11.6. The molecule has 4 rings (SSSR count). The Hall–Kier alpha value is -3.99. The van der Waals surface area contributed by atoms with Crippen LogP contribution in [0.4, 0.5) is 0 Å². The first kappa shape index (κ1) is 25.1. The molecule has 0 N–H and O–H groups in total. The number of hydrogen-bond acceptors (Lipinski definition) is 5. The fourth-order valence-corrected chi connectivity index (χ4v) is 4.55. The summed E-state index contributed by atoms with van der Waals surface area (Å²) in [6.45, 7) is 0. The first-order chi connectivity index (χ1) is 17.6. The van der Waals surface area contributed by atoms with Crippen LogP contribution in [-0.2, 0) is 30.4 Å². The van der Waals surface area contributed by atoms with Crippen LogP contribution in [0.3, 0.4) is 0 Å². The highest BCUT2D eigenvalue weighted by Crippen LogP contribution is 2.32. The lowest BCUT2D eigenvalue weighted by Crippen LogP contribution is -2.05. The minimum absolute atomic E-state index is 0.408. The van der Waals surface area contributed by atoms with Crippen molar-refractivity contribution < 1.29 is 23.7 Å². The van der Waals surface area contributed by atoms with Crippen molar-refractivity contribution in [3.8, 4) is 17.2 Å². The normalized spacial score (nSPS) is 10.8. The summed E-state index contributed by atoms with van der Waals surface area (Å²) in [6, 6.07) is 24.9. The lowest BCUT2D eigenvalue weighted by Gasteiger charge is -2.16. The van der Waals surface area contributed by atoms with Crippen molar-refractivity contribution in [2.45, 2.75) is 25.7 Å². The van der Waals surface area contributed by atoms with Gasteiger partial charge in [0, 0.05) is 0 Å². The number of esters is 1. The summed E-state index contributed by atoms with van der Waals surface area (Å²) in [5.74, 6) is 1.57. The lowest BCUT2D eigenvalue weighted by atomic mass is 9.94. The number of rotatable bonds is 10. The van der Waals surface area contributed by atoms with Crippen molar-refractivity contribution in [1.82, 2.24) is 0 Å². The largest absolute Gasteiger partial charge is 0.496 e. The van der Waals surface area contributed by atoms with Crippen molar-refractivity contribution in [3.63, 3.8) is 0 Å². The van der Waals surface area contributed by atoms with Gasteiger partial charge in [-0.05, 0) is 83.0 Å². The number of hydrogen-bond donors (Lipinski definition) is 0. The van der Waals surface area contributed by atoms with Crippen molar-refractivity contribution in [1.29, 1.82) is 0 Å². The van der Waals surface area contributed by atoms with E-state index in [1.165, 1.54) is 34.6 Å². The second-order valence-electron chi connectivity index (χ2n) is 8.68. The Bertz CT molecular complexity index is 1360. The summed E-state index contributed by atoms with van der Waals surface area (Å²) in [5, 5.41) is 2.51. The predicted octanol–water partition coefficient (Wildman–Crippen LogP) is 6.22. The minimum Gasteiger partial charge on any atom is -0.496 e.